The van der Waals surface area contributed by atoms with E-state index < -0.39 is 0 Å². The molecule has 1 amide bonds. The predicted molar refractivity (Wildman–Crippen MR) is 99.0 cm³/mol. The van der Waals surface area contributed by atoms with Crippen LogP contribution in [-0.2, 0) is 6.54 Å². The Hall–Kier alpha value is -3.29. The second kappa shape index (κ2) is 7.94. The van der Waals surface area contributed by atoms with Gasteiger partial charge >= 0.3 is 0 Å². The quantitative estimate of drug-likeness (QED) is 0.742. The van der Waals surface area contributed by atoms with Gasteiger partial charge in [-0.2, -0.15) is 0 Å². The summed E-state index contributed by atoms with van der Waals surface area (Å²) in [5, 5.41) is 6.62. The van der Waals surface area contributed by atoms with E-state index in [1.165, 1.54) is 19.3 Å². The Morgan fingerprint density at radius 3 is 2.89 bits per heavy atom. The third kappa shape index (κ3) is 4.11. The molecule has 0 bridgehead atoms. The first-order valence-corrected chi connectivity index (χ1v) is 9.02. The smallest absolute Gasteiger partial charge is 0.273 e. The summed E-state index contributed by atoms with van der Waals surface area (Å²) in [6, 6.07) is 7.14. The van der Waals surface area contributed by atoms with Crippen LogP contribution in [0, 0.1) is 0 Å². The number of rotatable bonds is 5. The van der Waals surface area contributed by atoms with Crippen LogP contribution in [0.3, 0.4) is 0 Å². The van der Waals surface area contributed by atoms with Crippen LogP contribution in [0.5, 0.6) is 0 Å². The van der Waals surface area contributed by atoms with E-state index in [1.807, 2.05) is 12.1 Å². The maximum atomic E-state index is 12.3. The molecule has 4 rings (SSSR count). The van der Waals surface area contributed by atoms with Crippen molar-refractivity contribution in [2.24, 2.45) is 0 Å². The van der Waals surface area contributed by atoms with Crippen LogP contribution in [0.25, 0.3) is 11.3 Å². The number of carbonyl (C=O) groups excluding carboxylic acids is 1. The lowest BCUT2D eigenvalue weighted by Gasteiger charge is -2.27. The maximum absolute atomic E-state index is 12.3. The zero-order valence-corrected chi connectivity index (χ0v) is 14.8. The molecule has 3 aromatic heterocycles. The summed E-state index contributed by atoms with van der Waals surface area (Å²) < 4.78 is 5.23. The van der Waals surface area contributed by atoms with E-state index >= 15 is 0 Å². The highest BCUT2D eigenvalue weighted by Gasteiger charge is 2.15. The highest BCUT2D eigenvalue weighted by atomic mass is 16.5. The van der Waals surface area contributed by atoms with Crippen LogP contribution >= 0.6 is 0 Å². The van der Waals surface area contributed by atoms with Gasteiger partial charge < -0.3 is 14.7 Å². The number of nitrogens with zero attached hydrogens (tertiary/aromatic N) is 5. The fraction of sp³-hybridized carbons (Fsp3) is 0.316. The standard InChI is InChI=1S/C19H20N6O2/c26-19(15-11-16(27-24-15)14-5-4-7-20-12-14)22-13-17-21-8-6-18(23-17)25-9-2-1-3-10-25/h4-8,11-12H,1-3,9-10,13H2,(H,22,26). The number of pyridine rings is 1. The molecule has 0 saturated carbocycles. The van der Waals surface area contributed by atoms with Gasteiger partial charge in [-0.05, 0) is 37.5 Å². The van der Waals surface area contributed by atoms with Crippen molar-refractivity contribution in [2.45, 2.75) is 25.8 Å². The Balaban J connectivity index is 1.39. The van der Waals surface area contributed by atoms with Gasteiger partial charge in [-0.15, -0.1) is 0 Å². The molecule has 1 aliphatic heterocycles. The normalized spacial score (nSPS) is 14.1. The Labute approximate surface area is 156 Å². The van der Waals surface area contributed by atoms with Crippen molar-refractivity contribution in [1.82, 2.24) is 25.4 Å². The molecule has 0 aromatic carbocycles. The van der Waals surface area contributed by atoms with Crippen molar-refractivity contribution in [3.63, 3.8) is 0 Å². The summed E-state index contributed by atoms with van der Waals surface area (Å²) in [6.07, 6.45) is 8.69. The Kier molecular flexibility index (Phi) is 5.04. The van der Waals surface area contributed by atoms with Gasteiger partial charge in [-0.1, -0.05) is 5.16 Å². The van der Waals surface area contributed by atoms with Gasteiger partial charge in [0, 0.05) is 43.3 Å². The molecule has 0 unspecified atom stereocenters. The third-order valence-corrected chi connectivity index (χ3v) is 4.47. The molecule has 0 atom stereocenters. The minimum atomic E-state index is -0.333. The van der Waals surface area contributed by atoms with Crippen LogP contribution in [0.2, 0.25) is 0 Å². The number of piperidine rings is 1. The lowest BCUT2D eigenvalue weighted by molar-refractivity contribution is 0.0941. The molecule has 0 spiro atoms. The zero-order valence-electron chi connectivity index (χ0n) is 14.8. The van der Waals surface area contributed by atoms with E-state index in [9.17, 15) is 4.79 Å². The van der Waals surface area contributed by atoms with Crippen molar-refractivity contribution in [2.75, 3.05) is 18.0 Å². The van der Waals surface area contributed by atoms with E-state index in [0.717, 1.165) is 24.5 Å². The summed E-state index contributed by atoms with van der Waals surface area (Å²) in [5.41, 5.74) is 0.975. The first kappa shape index (κ1) is 17.1. The van der Waals surface area contributed by atoms with Gasteiger partial charge in [-0.25, -0.2) is 9.97 Å². The molecule has 1 aliphatic rings. The fourth-order valence-electron chi connectivity index (χ4n) is 3.05. The largest absolute Gasteiger partial charge is 0.357 e. The van der Waals surface area contributed by atoms with Crippen LogP contribution in [0.4, 0.5) is 5.82 Å². The first-order chi connectivity index (χ1) is 13.3. The summed E-state index contributed by atoms with van der Waals surface area (Å²) in [7, 11) is 0. The molecule has 27 heavy (non-hydrogen) atoms. The number of anilines is 1. The molecule has 8 nitrogen and oxygen atoms in total. The van der Waals surface area contributed by atoms with Gasteiger partial charge in [0.15, 0.2) is 11.5 Å². The second-order valence-electron chi connectivity index (χ2n) is 6.38. The average molecular weight is 364 g/mol. The van der Waals surface area contributed by atoms with Crippen molar-refractivity contribution < 1.29 is 9.32 Å². The third-order valence-electron chi connectivity index (χ3n) is 4.47. The molecule has 8 heteroatoms. The molecule has 4 heterocycles. The highest BCUT2D eigenvalue weighted by Crippen LogP contribution is 2.19. The SMILES string of the molecule is O=C(NCc1nccc(N2CCCCC2)n1)c1cc(-c2cccnc2)on1. The maximum Gasteiger partial charge on any atom is 0.273 e. The number of aromatic nitrogens is 4. The Morgan fingerprint density at radius 1 is 1.19 bits per heavy atom. The zero-order chi connectivity index (χ0) is 18.5. The van der Waals surface area contributed by atoms with Gasteiger partial charge in [-0.3, -0.25) is 9.78 Å². The summed E-state index contributed by atoms with van der Waals surface area (Å²) >= 11 is 0. The van der Waals surface area contributed by atoms with E-state index in [-0.39, 0.29) is 18.1 Å². The van der Waals surface area contributed by atoms with Crippen molar-refractivity contribution in [1.29, 1.82) is 0 Å². The molecule has 0 radical (unpaired) electrons. The topological polar surface area (TPSA) is 97.0 Å². The summed E-state index contributed by atoms with van der Waals surface area (Å²) in [4.78, 5) is 27.4. The van der Waals surface area contributed by atoms with Crippen molar-refractivity contribution in [3.05, 3.63) is 54.4 Å². The van der Waals surface area contributed by atoms with Gasteiger partial charge in [0.25, 0.3) is 5.91 Å². The number of hydrogen-bond acceptors (Lipinski definition) is 7. The van der Waals surface area contributed by atoms with Gasteiger partial charge in [0.1, 0.15) is 11.6 Å². The number of nitrogens with one attached hydrogen (secondary N) is 1. The summed E-state index contributed by atoms with van der Waals surface area (Å²) in [6.45, 7) is 2.26. The number of carbonyl (C=O) groups is 1. The highest BCUT2D eigenvalue weighted by molar-refractivity contribution is 5.92. The van der Waals surface area contributed by atoms with E-state index in [1.54, 1.807) is 30.7 Å². The molecule has 1 fully saturated rings. The fourth-order valence-corrected chi connectivity index (χ4v) is 3.05. The first-order valence-electron chi connectivity index (χ1n) is 9.02. The van der Waals surface area contributed by atoms with Gasteiger partial charge in [0.2, 0.25) is 0 Å². The lowest BCUT2D eigenvalue weighted by atomic mass is 10.1. The Bertz CT molecular complexity index is 905. The van der Waals surface area contributed by atoms with E-state index in [0.29, 0.717) is 11.6 Å². The molecular weight excluding hydrogens is 344 g/mol. The number of hydrogen-bond donors (Lipinski definition) is 1. The molecule has 1 saturated heterocycles. The minimum absolute atomic E-state index is 0.209. The monoisotopic (exact) mass is 364 g/mol. The van der Waals surface area contributed by atoms with Crippen LogP contribution < -0.4 is 10.2 Å². The van der Waals surface area contributed by atoms with Crippen LogP contribution in [0.1, 0.15) is 35.6 Å². The summed E-state index contributed by atoms with van der Waals surface area (Å²) in [5.74, 6) is 1.65. The second-order valence-corrected chi connectivity index (χ2v) is 6.38. The minimum Gasteiger partial charge on any atom is -0.357 e. The van der Waals surface area contributed by atoms with Crippen molar-refractivity contribution >= 4 is 11.7 Å². The molecule has 1 N–H and O–H groups in total. The average Bonchev–Trinajstić information content (AvgIpc) is 3.24. The van der Waals surface area contributed by atoms with E-state index in [2.05, 4.69) is 30.3 Å². The van der Waals surface area contributed by atoms with Gasteiger partial charge in [0.05, 0.1) is 6.54 Å². The molecular formula is C19H20N6O2. The van der Waals surface area contributed by atoms with Crippen LogP contribution in [-0.4, -0.2) is 39.1 Å². The molecule has 138 valence electrons. The number of amides is 1. The van der Waals surface area contributed by atoms with Crippen molar-refractivity contribution in [3.8, 4) is 11.3 Å². The molecule has 0 aliphatic carbocycles. The van der Waals surface area contributed by atoms with E-state index in [4.69, 9.17) is 4.52 Å². The lowest BCUT2D eigenvalue weighted by Crippen LogP contribution is -2.31. The molecule has 3 aromatic rings. The Morgan fingerprint density at radius 2 is 2.07 bits per heavy atom. The predicted octanol–water partition coefficient (Wildman–Crippen LogP) is 2.45. The van der Waals surface area contributed by atoms with Crippen LogP contribution in [0.15, 0.2) is 47.4 Å².